The van der Waals surface area contributed by atoms with Gasteiger partial charge in [-0.05, 0) is 24.1 Å². The number of ether oxygens (including phenoxy) is 2. The fourth-order valence-corrected chi connectivity index (χ4v) is 3.27. The Morgan fingerprint density at radius 1 is 1.16 bits per heavy atom. The number of para-hydroxylation sites is 1. The lowest BCUT2D eigenvalue weighted by molar-refractivity contribution is -0.119. The maximum atomic E-state index is 12.1. The number of amides is 2. The topological polar surface area (TPSA) is 116 Å². The third kappa shape index (κ3) is 5.03. The number of pyridine rings is 1. The average Bonchev–Trinajstić information content (AvgIpc) is 2.76. The summed E-state index contributed by atoms with van der Waals surface area (Å²) in [6, 6.07) is 11.4. The molecule has 0 aliphatic heterocycles. The van der Waals surface area contributed by atoms with E-state index in [4.69, 9.17) is 15.2 Å². The predicted octanol–water partition coefficient (Wildman–Crippen LogP) is 3.16. The molecule has 3 rings (SSSR count). The summed E-state index contributed by atoms with van der Waals surface area (Å²) in [6.45, 7) is 4.11. The first-order chi connectivity index (χ1) is 14.9. The van der Waals surface area contributed by atoms with Crippen molar-refractivity contribution >= 4 is 34.1 Å². The third-order valence-electron chi connectivity index (χ3n) is 4.81. The number of carbonyl (C=O) groups is 2. The van der Waals surface area contributed by atoms with Gasteiger partial charge in [0.1, 0.15) is 6.61 Å². The van der Waals surface area contributed by atoms with Crippen LogP contribution in [0.25, 0.3) is 10.9 Å². The van der Waals surface area contributed by atoms with E-state index in [1.165, 1.54) is 20.2 Å². The van der Waals surface area contributed by atoms with E-state index in [1.807, 2.05) is 24.3 Å². The molecule has 162 valence electrons. The van der Waals surface area contributed by atoms with Crippen molar-refractivity contribution < 1.29 is 19.1 Å². The van der Waals surface area contributed by atoms with Gasteiger partial charge in [-0.2, -0.15) is 0 Å². The molecule has 0 aliphatic carbocycles. The van der Waals surface area contributed by atoms with Crippen LogP contribution in [0.5, 0.6) is 11.5 Å². The number of methoxy groups -OCH3 is 1. The lowest BCUT2D eigenvalue weighted by Crippen LogP contribution is -2.25. The number of carbonyl (C=O) groups excluding carboxylic acids is 2. The highest BCUT2D eigenvalue weighted by atomic mass is 16.5. The van der Waals surface area contributed by atoms with Crippen LogP contribution in [0, 0.1) is 0 Å². The molecule has 0 aliphatic rings. The molecular weight excluding hydrogens is 396 g/mol. The number of aryl methyl sites for hydroxylation is 1. The lowest BCUT2D eigenvalue weighted by atomic mass is 10.1. The standard InChI is InChI=1S/C23H26N4O4/c1-4-15-7-5-6-8-18(15)27-22-16-11-21(31-10-9-25-14(2)28)20(30-3)12-19(16)26-13-17(22)23(24)29/h5-8,11-13H,4,9-10H2,1-3H3,(H2,24,29)(H,25,28)(H,26,27). The number of rotatable bonds is 9. The monoisotopic (exact) mass is 422 g/mol. The van der Waals surface area contributed by atoms with Crippen LogP contribution in [0.15, 0.2) is 42.6 Å². The van der Waals surface area contributed by atoms with Crippen LogP contribution in [0.3, 0.4) is 0 Å². The van der Waals surface area contributed by atoms with Gasteiger partial charge in [0.15, 0.2) is 11.5 Å². The molecule has 4 N–H and O–H groups in total. The van der Waals surface area contributed by atoms with Crippen molar-refractivity contribution in [3.05, 3.63) is 53.7 Å². The van der Waals surface area contributed by atoms with E-state index in [0.29, 0.717) is 34.6 Å². The molecule has 0 radical (unpaired) electrons. The van der Waals surface area contributed by atoms with E-state index in [-0.39, 0.29) is 18.1 Å². The molecule has 1 heterocycles. The van der Waals surface area contributed by atoms with Gasteiger partial charge >= 0.3 is 0 Å². The van der Waals surface area contributed by atoms with Crippen molar-refractivity contribution in [2.45, 2.75) is 20.3 Å². The summed E-state index contributed by atoms with van der Waals surface area (Å²) < 4.78 is 11.3. The number of nitrogens with zero attached hydrogens (tertiary/aromatic N) is 1. The van der Waals surface area contributed by atoms with Crippen molar-refractivity contribution in [3.8, 4) is 11.5 Å². The molecule has 1 aromatic heterocycles. The van der Waals surface area contributed by atoms with E-state index < -0.39 is 5.91 Å². The Kier molecular flexibility index (Phi) is 6.92. The highest BCUT2D eigenvalue weighted by Gasteiger charge is 2.18. The summed E-state index contributed by atoms with van der Waals surface area (Å²) in [5.41, 5.74) is 9.05. The highest BCUT2D eigenvalue weighted by molar-refractivity contribution is 6.08. The number of primary amides is 1. The average molecular weight is 422 g/mol. The molecule has 2 amide bonds. The van der Waals surface area contributed by atoms with Crippen molar-refractivity contribution in [2.24, 2.45) is 5.73 Å². The molecule has 31 heavy (non-hydrogen) atoms. The van der Waals surface area contributed by atoms with Crippen molar-refractivity contribution in [1.82, 2.24) is 10.3 Å². The number of nitrogens with one attached hydrogen (secondary N) is 2. The van der Waals surface area contributed by atoms with E-state index >= 15 is 0 Å². The first-order valence-corrected chi connectivity index (χ1v) is 9.97. The smallest absolute Gasteiger partial charge is 0.252 e. The van der Waals surface area contributed by atoms with Crippen LogP contribution >= 0.6 is 0 Å². The summed E-state index contributed by atoms with van der Waals surface area (Å²) >= 11 is 0. The van der Waals surface area contributed by atoms with Crippen molar-refractivity contribution in [1.29, 1.82) is 0 Å². The minimum absolute atomic E-state index is 0.134. The van der Waals surface area contributed by atoms with Gasteiger partial charge < -0.3 is 25.8 Å². The molecule has 3 aromatic rings. The highest BCUT2D eigenvalue weighted by Crippen LogP contribution is 2.37. The Morgan fingerprint density at radius 2 is 1.94 bits per heavy atom. The van der Waals surface area contributed by atoms with Crippen LogP contribution in [0.1, 0.15) is 29.8 Å². The number of nitrogens with two attached hydrogens (primary N) is 1. The van der Waals surface area contributed by atoms with Gasteiger partial charge in [0.25, 0.3) is 5.91 Å². The Balaban J connectivity index is 2.09. The zero-order valence-corrected chi connectivity index (χ0v) is 17.8. The minimum atomic E-state index is -0.588. The second kappa shape index (κ2) is 9.80. The molecule has 8 nitrogen and oxygen atoms in total. The third-order valence-corrected chi connectivity index (χ3v) is 4.81. The van der Waals surface area contributed by atoms with Gasteiger partial charge in [-0.15, -0.1) is 0 Å². The maximum absolute atomic E-state index is 12.1. The van der Waals surface area contributed by atoms with Gasteiger partial charge in [0, 0.05) is 30.3 Å². The molecule has 0 atom stereocenters. The predicted molar refractivity (Wildman–Crippen MR) is 120 cm³/mol. The van der Waals surface area contributed by atoms with Crippen LogP contribution < -0.4 is 25.8 Å². The molecule has 0 fully saturated rings. The van der Waals surface area contributed by atoms with Gasteiger partial charge in [-0.1, -0.05) is 25.1 Å². The molecule has 0 bridgehead atoms. The van der Waals surface area contributed by atoms with E-state index in [0.717, 1.165) is 17.7 Å². The molecule has 0 saturated carbocycles. The Bertz CT molecular complexity index is 1110. The number of aromatic nitrogens is 1. The number of benzene rings is 2. The molecule has 0 unspecified atom stereocenters. The SMILES string of the molecule is CCc1ccccc1Nc1c(C(N)=O)cnc2cc(OC)c(OCCNC(C)=O)cc12. The fraction of sp³-hybridized carbons (Fsp3) is 0.261. The summed E-state index contributed by atoms with van der Waals surface area (Å²) in [4.78, 5) is 27.6. The summed E-state index contributed by atoms with van der Waals surface area (Å²) in [6.07, 6.45) is 2.28. The van der Waals surface area contributed by atoms with Crippen LogP contribution in [0.2, 0.25) is 0 Å². The number of anilines is 2. The Morgan fingerprint density at radius 3 is 2.61 bits per heavy atom. The normalized spacial score (nSPS) is 10.5. The van der Waals surface area contributed by atoms with E-state index in [1.54, 1.807) is 12.1 Å². The van der Waals surface area contributed by atoms with Crippen LogP contribution in [-0.2, 0) is 11.2 Å². The first kappa shape index (κ1) is 21.9. The molecular formula is C23H26N4O4. The Hall–Kier alpha value is -3.81. The number of hydrogen-bond donors (Lipinski definition) is 3. The number of fused-ring (bicyclic) bond motifs is 1. The van der Waals surface area contributed by atoms with Crippen LogP contribution in [0.4, 0.5) is 11.4 Å². The van der Waals surface area contributed by atoms with Crippen LogP contribution in [-0.4, -0.2) is 37.1 Å². The van der Waals surface area contributed by atoms with Gasteiger partial charge in [0.2, 0.25) is 5.91 Å². The molecule has 8 heteroatoms. The first-order valence-electron chi connectivity index (χ1n) is 9.97. The second-order valence-electron chi connectivity index (χ2n) is 6.90. The van der Waals surface area contributed by atoms with E-state index in [9.17, 15) is 9.59 Å². The summed E-state index contributed by atoms with van der Waals surface area (Å²) in [5, 5.41) is 6.71. The summed E-state index contributed by atoms with van der Waals surface area (Å²) in [7, 11) is 1.54. The van der Waals surface area contributed by atoms with Crippen molar-refractivity contribution in [2.75, 3.05) is 25.6 Å². The zero-order chi connectivity index (χ0) is 22.4. The fourth-order valence-electron chi connectivity index (χ4n) is 3.27. The maximum Gasteiger partial charge on any atom is 0.252 e. The summed E-state index contributed by atoms with van der Waals surface area (Å²) in [5.74, 6) is 0.241. The molecule has 2 aromatic carbocycles. The van der Waals surface area contributed by atoms with Gasteiger partial charge in [-0.25, -0.2) is 0 Å². The second-order valence-corrected chi connectivity index (χ2v) is 6.90. The van der Waals surface area contributed by atoms with E-state index in [2.05, 4.69) is 22.5 Å². The van der Waals surface area contributed by atoms with Gasteiger partial charge in [-0.3, -0.25) is 14.6 Å². The molecule has 0 spiro atoms. The molecule has 0 saturated heterocycles. The Labute approximate surface area is 180 Å². The van der Waals surface area contributed by atoms with Crippen molar-refractivity contribution in [3.63, 3.8) is 0 Å². The largest absolute Gasteiger partial charge is 0.493 e. The quantitative estimate of drug-likeness (QED) is 0.456. The zero-order valence-electron chi connectivity index (χ0n) is 17.8. The minimum Gasteiger partial charge on any atom is -0.493 e. The van der Waals surface area contributed by atoms with Gasteiger partial charge in [0.05, 0.1) is 30.4 Å². The number of hydrogen-bond acceptors (Lipinski definition) is 6. The lowest BCUT2D eigenvalue weighted by Gasteiger charge is -2.17.